The summed E-state index contributed by atoms with van der Waals surface area (Å²) in [7, 11) is 0. The van der Waals surface area contributed by atoms with Crippen LogP contribution in [-0.2, 0) is 4.79 Å². The molecule has 0 radical (unpaired) electrons. The molecule has 2 amide bonds. The number of carbonyl (C=O) groups excluding carboxylic acids is 2. The standard InChI is InChI=1S/C27H33N3O2/c1-4-6-11-19(5-2)16-28-24(31)17-30-26(20-12-7-8-13-21(20)27(30)32)25-18(3)29-23-15-10-9-14-22(23)25/h7-10,12-15,19,26,29H,4-6,11,16-17H2,1-3H3,(H,28,31)/t19-,26+/m0/s1. The lowest BCUT2D eigenvalue weighted by atomic mass is 9.95. The smallest absolute Gasteiger partial charge is 0.255 e. The number of aryl methyl sites for hydroxylation is 1. The number of fused-ring (bicyclic) bond motifs is 2. The summed E-state index contributed by atoms with van der Waals surface area (Å²) in [6, 6.07) is 15.6. The molecule has 0 bridgehead atoms. The summed E-state index contributed by atoms with van der Waals surface area (Å²) in [5.41, 5.74) is 4.79. The third kappa shape index (κ3) is 4.16. The quantitative estimate of drug-likeness (QED) is 0.479. The van der Waals surface area contributed by atoms with E-state index in [0.29, 0.717) is 18.0 Å². The molecule has 5 nitrogen and oxygen atoms in total. The van der Waals surface area contributed by atoms with Gasteiger partial charge in [0.05, 0.1) is 6.04 Å². The summed E-state index contributed by atoms with van der Waals surface area (Å²) in [5.74, 6) is 0.309. The Hall–Kier alpha value is -3.08. The maximum Gasteiger partial charge on any atom is 0.255 e. The molecule has 0 fully saturated rings. The van der Waals surface area contributed by atoms with E-state index >= 15 is 0 Å². The topological polar surface area (TPSA) is 65.2 Å². The van der Waals surface area contributed by atoms with Crippen LogP contribution in [0.3, 0.4) is 0 Å². The van der Waals surface area contributed by atoms with Gasteiger partial charge in [0.1, 0.15) is 6.54 Å². The average Bonchev–Trinajstić information content (AvgIpc) is 3.27. The van der Waals surface area contributed by atoms with Gasteiger partial charge in [0, 0.05) is 34.3 Å². The van der Waals surface area contributed by atoms with E-state index in [0.717, 1.165) is 47.0 Å². The second-order valence-corrected chi connectivity index (χ2v) is 8.85. The molecule has 2 N–H and O–H groups in total. The Morgan fingerprint density at radius 3 is 2.66 bits per heavy atom. The van der Waals surface area contributed by atoms with Crippen molar-refractivity contribution in [2.24, 2.45) is 5.92 Å². The third-order valence-electron chi connectivity index (χ3n) is 6.72. The van der Waals surface area contributed by atoms with Crippen molar-refractivity contribution in [2.75, 3.05) is 13.1 Å². The van der Waals surface area contributed by atoms with Crippen molar-refractivity contribution < 1.29 is 9.59 Å². The van der Waals surface area contributed by atoms with Crippen LogP contribution in [-0.4, -0.2) is 34.8 Å². The highest BCUT2D eigenvalue weighted by molar-refractivity contribution is 6.02. The molecule has 2 atom stereocenters. The molecule has 1 aromatic heterocycles. The molecule has 168 valence electrons. The maximum absolute atomic E-state index is 13.4. The van der Waals surface area contributed by atoms with Gasteiger partial charge in [-0.1, -0.05) is 69.5 Å². The Balaban J connectivity index is 1.61. The predicted octanol–water partition coefficient (Wildman–Crippen LogP) is 5.35. The van der Waals surface area contributed by atoms with Crippen molar-refractivity contribution in [1.82, 2.24) is 15.2 Å². The van der Waals surface area contributed by atoms with Crippen LogP contribution in [0.5, 0.6) is 0 Å². The largest absolute Gasteiger partial charge is 0.358 e. The first-order valence-electron chi connectivity index (χ1n) is 11.8. The van der Waals surface area contributed by atoms with E-state index in [4.69, 9.17) is 0 Å². The summed E-state index contributed by atoms with van der Waals surface area (Å²) < 4.78 is 0. The van der Waals surface area contributed by atoms with Crippen molar-refractivity contribution in [3.8, 4) is 0 Å². The molecule has 2 aromatic carbocycles. The lowest BCUT2D eigenvalue weighted by Gasteiger charge is -2.26. The highest BCUT2D eigenvalue weighted by Crippen LogP contribution is 2.42. The molecule has 2 heterocycles. The predicted molar refractivity (Wildman–Crippen MR) is 129 cm³/mol. The number of rotatable bonds is 9. The van der Waals surface area contributed by atoms with E-state index in [-0.39, 0.29) is 24.4 Å². The van der Waals surface area contributed by atoms with Crippen LogP contribution in [0.25, 0.3) is 10.9 Å². The van der Waals surface area contributed by atoms with E-state index < -0.39 is 0 Å². The van der Waals surface area contributed by atoms with Crippen LogP contribution >= 0.6 is 0 Å². The van der Waals surface area contributed by atoms with Crippen LogP contribution in [0.4, 0.5) is 0 Å². The van der Waals surface area contributed by atoms with Gasteiger partial charge in [-0.2, -0.15) is 0 Å². The van der Waals surface area contributed by atoms with E-state index in [1.165, 1.54) is 6.42 Å². The van der Waals surface area contributed by atoms with Crippen molar-refractivity contribution in [1.29, 1.82) is 0 Å². The summed E-state index contributed by atoms with van der Waals surface area (Å²) >= 11 is 0. The summed E-state index contributed by atoms with van der Waals surface area (Å²) in [5, 5.41) is 4.19. The highest BCUT2D eigenvalue weighted by Gasteiger charge is 2.40. The molecule has 0 unspecified atom stereocenters. The first kappa shape index (κ1) is 22.1. The van der Waals surface area contributed by atoms with Gasteiger partial charge in [0.2, 0.25) is 5.91 Å². The Bertz CT molecular complexity index is 1120. The fraction of sp³-hybridized carbons (Fsp3) is 0.407. The number of aromatic amines is 1. The number of para-hydroxylation sites is 1. The maximum atomic E-state index is 13.4. The molecule has 0 aliphatic carbocycles. The van der Waals surface area contributed by atoms with Gasteiger partial charge in [-0.3, -0.25) is 9.59 Å². The van der Waals surface area contributed by atoms with Crippen LogP contribution in [0.15, 0.2) is 48.5 Å². The van der Waals surface area contributed by atoms with Crippen molar-refractivity contribution in [3.05, 3.63) is 70.9 Å². The van der Waals surface area contributed by atoms with Gasteiger partial charge in [-0.25, -0.2) is 0 Å². The van der Waals surface area contributed by atoms with Gasteiger partial charge in [0.25, 0.3) is 5.91 Å². The summed E-state index contributed by atoms with van der Waals surface area (Å²) in [6.45, 7) is 7.12. The van der Waals surface area contributed by atoms with Gasteiger partial charge in [-0.05, 0) is 37.0 Å². The summed E-state index contributed by atoms with van der Waals surface area (Å²) in [6.07, 6.45) is 4.51. The van der Waals surface area contributed by atoms with Gasteiger partial charge >= 0.3 is 0 Å². The Labute approximate surface area is 190 Å². The zero-order valence-corrected chi connectivity index (χ0v) is 19.3. The Morgan fingerprint density at radius 2 is 1.88 bits per heavy atom. The van der Waals surface area contributed by atoms with E-state index in [1.54, 1.807) is 4.90 Å². The van der Waals surface area contributed by atoms with Crippen molar-refractivity contribution >= 4 is 22.7 Å². The first-order valence-corrected chi connectivity index (χ1v) is 11.8. The molecule has 3 aromatic rings. The van der Waals surface area contributed by atoms with E-state index in [1.807, 2.05) is 49.4 Å². The van der Waals surface area contributed by atoms with Gasteiger partial charge in [0.15, 0.2) is 0 Å². The monoisotopic (exact) mass is 431 g/mol. The molecule has 4 rings (SSSR count). The van der Waals surface area contributed by atoms with Gasteiger partial charge in [-0.15, -0.1) is 0 Å². The molecule has 1 aliphatic heterocycles. The molecule has 32 heavy (non-hydrogen) atoms. The number of amides is 2. The number of hydrogen-bond donors (Lipinski definition) is 2. The Kier molecular flexibility index (Phi) is 6.63. The fourth-order valence-electron chi connectivity index (χ4n) is 4.91. The lowest BCUT2D eigenvalue weighted by Crippen LogP contribution is -2.41. The van der Waals surface area contributed by atoms with E-state index in [9.17, 15) is 9.59 Å². The second kappa shape index (κ2) is 9.60. The number of unbranched alkanes of at least 4 members (excludes halogenated alkanes) is 1. The highest BCUT2D eigenvalue weighted by atomic mass is 16.2. The fourth-order valence-corrected chi connectivity index (χ4v) is 4.91. The zero-order chi connectivity index (χ0) is 22.7. The lowest BCUT2D eigenvalue weighted by molar-refractivity contribution is -0.122. The molecular weight excluding hydrogens is 398 g/mol. The van der Waals surface area contributed by atoms with Crippen molar-refractivity contribution in [2.45, 2.75) is 52.5 Å². The van der Waals surface area contributed by atoms with Crippen LogP contribution in [0.2, 0.25) is 0 Å². The molecule has 0 spiro atoms. The zero-order valence-electron chi connectivity index (χ0n) is 19.3. The average molecular weight is 432 g/mol. The minimum absolute atomic E-state index is 0.0569. The van der Waals surface area contributed by atoms with E-state index in [2.05, 4.69) is 30.2 Å². The number of aromatic nitrogens is 1. The summed E-state index contributed by atoms with van der Waals surface area (Å²) in [4.78, 5) is 31.5. The van der Waals surface area contributed by atoms with Crippen LogP contribution in [0.1, 0.15) is 72.8 Å². The minimum atomic E-state index is -0.275. The first-order chi connectivity index (χ1) is 15.5. The third-order valence-corrected chi connectivity index (χ3v) is 6.72. The van der Waals surface area contributed by atoms with Crippen LogP contribution in [0, 0.1) is 12.8 Å². The van der Waals surface area contributed by atoms with Crippen molar-refractivity contribution in [3.63, 3.8) is 0 Å². The minimum Gasteiger partial charge on any atom is -0.358 e. The molecule has 0 saturated heterocycles. The molecular formula is C27H33N3O2. The second-order valence-electron chi connectivity index (χ2n) is 8.85. The normalized spacial score (nSPS) is 16.4. The number of carbonyl (C=O) groups is 2. The number of nitrogens with zero attached hydrogens (tertiary/aromatic N) is 1. The molecule has 1 aliphatic rings. The SMILES string of the molecule is CCCC[C@H](CC)CNC(=O)CN1C(=O)c2ccccc2[C@@H]1c1c(C)[nH]c2ccccc12. The number of H-pyrrole nitrogens is 1. The molecule has 5 heteroatoms. The molecule has 0 saturated carbocycles. The number of hydrogen-bond acceptors (Lipinski definition) is 2. The number of benzene rings is 2. The van der Waals surface area contributed by atoms with Gasteiger partial charge < -0.3 is 15.2 Å². The Morgan fingerprint density at radius 1 is 1.12 bits per heavy atom. The number of nitrogens with one attached hydrogen (secondary N) is 2. The van der Waals surface area contributed by atoms with Crippen LogP contribution < -0.4 is 5.32 Å².